The van der Waals surface area contributed by atoms with E-state index in [9.17, 15) is 0 Å². The molecule has 1 aromatic rings. The SMILES string of the molecule is CC1CC(c2ccc(C3=NCCN3C)cc2)=NO1. The summed E-state index contributed by atoms with van der Waals surface area (Å²) in [5, 5.41) is 4.11. The van der Waals surface area contributed by atoms with Crippen LogP contribution < -0.4 is 0 Å². The number of oxime groups is 1. The maximum Gasteiger partial charge on any atom is 0.130 e. The smallest absolute Gasteiger partial charge is 0.130 e. The van der Waals surface area contributed by atoms with Crippen LogP contribution in [0.2, 0.25) is 0 Å². The highest BCUT2D eigenvalue weighted by Crippen LogP contribution is 2.18. The summed E-state index contributed by atoms with van der Waals surface area (Å²) >= 11 is 0. The fourth-order valence-electron chi connectivity index (χ4n) is 2.33. The van der Waals surface area contributed by atoms with E-state index in [0.29, 0.717) is 0 Å². The van der Waals surface area contributed by atoms with Crippen molar-refractivity contribution in [2.45, 2.75) is 19.4 Å². The number of amidine groups is 1. The molecule has 4 heteroatoms. The Bertz CT molecular complexity index is 504. The van der Waals surface area contributed by atoms with Gasteiger partial charge in [-0.25, -0.2) is 0 Å². The lowest BCUT2D eigenvalue weighted by Crippen LogP contribution is -2.23. The Morgan fingerprint density at radius 2 is 1.94 bits per heavy atom. The molecule has 0 bridgehead atoms. The lowest BCUT2D eigenvalue weighted by atomic mass is 10.0. The molecule has 1 unspecified atom stereocenters. The summed E-state index contributed by atoms with van der Waals surface area (Å²) in [4.78, 5) is 11.9. The first kappa shape index (κ1) is 11.3. The van der Waals surface area contributed by atoms with Crippen LogP contribution in [0.3, 0.4) is 0 Å². The van der Waals surface area contributed by atoms with E-state index in [4.69, 9.17) is 4.84 Å². The van der Waals surface area contributed by atoms with Gasteiger partial charge in [0.2, 0.25) is 0 Å². The highest BCUT2D eigenvalue weighted by molar-refractivity contribution is 6.03. The molecular weight excluding hydrogens is 226 g/mol. The third-order valence-electron chi connectivity index (χ3n) is 3.36. The van der Waals surface area contributed by atoms with E-state index in [1.807, 2.05) is 6.92 Å². The van der Waals surface area contributed by atoms with E-state index in [-0.39, 0.29) is 6.10 Å². The first-order valence-electron chi connectivity index (χ1n) is 6.33. The van der Waals surface area contributed by atoms with Gasteiger partial charge in [0.05, 0.1) is 12.3 Å². The summed E-state index contributed by atoms with van der Waals surface area (Å²) in [6, 6.07) is 8.43. The normalized spacial score (nSPS) is 22.8. The molecule has 1 atom stereocenters. The van der Waals surface area contributed by atoms with Crippen molar-refractivity contribution in [2.24, 2.45) is 10.1 Å². The molecule has 0 aromatic heterocycles. The lowest BCUT2D eigenvalue weighted by Gasteiger charge is -2.13. The summed E-state index contributed by atoms with van der Waals surface area (Å²) in [5.41, 5.74) is 3.35. The minimum absolute atomic E-state index is 0.199. The summed E-state index contributed by atoms with van der Waals surface area (Å²) in [6.45, 7) is 3.94. The Hall–Kier alpha value is -1.84. The van der Waals surface area contributed by atoms with Crippen molar-refractivity contribution in [2.75, 3.05) is 20.1 Å². The van der Waals surface area contributed by atoms with Crippen molar-refractivity contribution >= 4 is 11.5 Å². The average molecular weight is 243 g/mol. The van der Waals surface area contributed by atoms with Gasteiger partial charge in [0.15, 0.2) is 0 Å². The average Bonchev–Trinajstić information content (AvgIpc) is 2.98. The maximum absolute atomic E-state index is 5.22. The second-order valence-electron chi connectivity index (χ2n) is 4.86. The predicted octanol–water partition coefficient (Wildman–Crippen LogP) is 1.89. The van der Waals surface area contributed by atoms with Crippen LogP contribution in [0.4, 0.5) is 0 Å². The zero-order valence-electron chi connectivity index (χ0n) is 10.8. The molecule has 2 heterocycles. The molecular formula is C14H17N3O. The zero-order chi connectivity index (χ0) is 12.5. The van der Waals surface area contributed by atoms with Crippen LogP contribution in [-0.2, 0) is 4.84 Å². The Morgan fingerprint density at radius 1 is 1.22 bits per heavy atom. The molecule has 0 fully saturated rings. The van der Waals surface area contributed by atoms with Gasteiger partial charge < -0.3 is 9.74 Å². The van der Waals surface area contributed by atoms with E-state index in [1.165, 1.54) is 5.56 Å². The second kappa shape index (κ2) is 4.44. The Balaban J connectivity index is 1.81. The number of hydrogen-bond donors (Lipinski definition) is 0. The predicted molar refractivity (Wildman–Crippen MR) is 72.2 cm³/mol. The molecule has 0 N–H and O–H groups in total. The third kappa shape index (κ3) is 1.98. The summed E-state index contributed by atoms with van der Waals surface area (Å²) in [6.07, 6.45) is 1.09. The summed E-state index contributed by atoms with van der Waals surface area (Å²) in [7, 11) is 2.08. The van der Waals surface area contributed by atoms with Crippen LogP contribution in [0.15, 0.2) is 34.4 Å². The van der Waals surface area contributed by atoms with Gasteiger partial charge in [0, 0.05) is 25.6 Å². The molecule has 4 nitrogen and oxygen atoms in total. The molecule has 18 heavy (non-hydrogen) atoms. The highest BCUT2D eigenvalue weighted by atomic mass is 16.6. The number of benzene rings is 1. The highest BCUT2D eigenvalue weighted by Gasteiger charge is 2.19. The molecule has 3 rings (SSSR count). The van der Waals surface area contributed by atoms with Gasteiger partial charge in [-0.15, -0.1) is 0 Å². The molecule has 0 aliphatic carbocycles. The van der Waals surface area contributed by atoms with Gasteiger partial charge >= 0.3 is 0 Å². The van der Waals surface area contributed by atoms with Crippen molar-refractivity contribution in [3.63, 3.8) is 0 Å². The Kier molecular flexibility index (Phi) is 2.78. The monoisotopic (exact) mass is 243 g/mol. The molecule has 0 saturated heterocycles. The molecule has 0 radical (unpaired) electrons. The molecule has 2 aliphatic rings. The van der Waals surface area contributed by atoms with E-state index < -0.39 is 0 Å². The van der Waals surface area contributed by atoms with E-state index >= 15 is 0 Å². The topological polar surface area (TPSA) is 37.2 Å². The largest absolute Gasteiger partial charge is 0.392 e. The molecule has 0 amide bonds. The first-order chi connectivity index (χ1) is 8.74. The summed E-state index contributed by atoms with van der Waals surface area (Å²) < 4.78 is 0. The van der Waals surface area contributed by atoms with Crippen molar-refractivity contribution < 1.29 is 4.84 Å². The quantitative estimate of drug-likeness (QED) is 0.795. The van der Waals surface area contributed by atoms with Gasteiger partial charge in [-0.05, 0) is 12.5 Å². The molecule has 1 aromatic carbocycles. The summed E-state index contributed by atoms with van der Waals surface area (Å²) in [5.74, 6) is 1.08. The van der Waals surface area contributed by atoms with E-state index in [1.54, 1.807) is 0 Å². The fourth-order valence-corrected chi connectivity index (χ4v) is 2.33. The second-order valence-corrected chi connectivity index (χ2v) is 4.86. The number of nitrogens with zero attached hydrogens (tertiary/aromatic N) is 3. The number of likely N-dealkylation sites (N-methyl/N-ethyl adjacent to an activating group) is 1. The maximum atomic E-state index is 5.22. The van der Waals surface area contributed by atoms with Crippen LogP contribution in [0.5, 0.6) is 0 Å². The molecule has 0 spiro atoms. The zero-order valence-corrected chi connectivity index (χ0v) is 10.8. The minimum atomic E-state index is 0.199. The van der Waals surface area contributed by atoms with Crippen molar-refractivity contribution in [3.8, 4) is 0 Å². The fraction of sp³-hybridized carbons (Fsp3) is 0.429. The third-order valence-corrected chi connectivity index (χ3v) is 3.36. The van der Waals surface area contributed by atoms with Crippen LogP contribution in [0, 0.1) is 0 Å². The van der Waals surface area contributed by atoms with Gasteiger partial charge in [0.25, 0.3) is 0 Å². The first-order valence-corrected chi connectivity index (χ1v) is 6.33. The van der Waals surface area contributed by atoms with Gasteiger partial charge in [-0.1, -0.05) is 29.4 Å². The van der Waals surface area contributed by atoms with Crippen LogP contribution in [-0.4, -0.2) is 42.7 Å². The number of hydrogen-bond acceptors (Lipinski definition) is 4. The van der Waals surface area contributed by atoms with Crippen molar-refractivity contribution in [3.05, 3.63) is 35.4 Å². The number of rotatable bonds is 2. The van der Waals surface area contributed by atoms with E-state index in [0.717, 1.165) is 36.6 Å². The lowest BCUT2D eigenvalue weighted by molar-refractivity contribution is 0.0995. The van der Waals surface area contributed by atoms with Crippen LogP contribution in [0.1, 0.15) is 24.5 Å². The van der Waals surface area contributed by atoms with Gasteiger partial charge in [-0.2, -0.15) is 0 Å². The van der Waals surface area contributed by atoms with Crippen molar-refractivity contribution in [1.29, 1.82) is 0 Å². The van der Waals surface area contributed by atoms with Crippen LogP contribution in [0.25, 0.3) is 0 Å². The standard InChI is InChI=1S/C14H17N3O/c1-10-9-13(16-18-10)11-3-5-12(6-4-11)14-15-7-8-17(14)2/h3-6,10H,7-9H2,1-2H3. The van der Waals surface area contributed by atoms with Crippen LogP contribution >= 0.6 is 0 Å². The minimum Gasteiger partial charge on any atom is -0.392 e. The van der Waals surface area contributed by atoms with E-state index in [2.05, 4.69) is 46.4 Å². The molecule has 0 saturated carbocycles. The molecule has 2 aliphatic heterocycles. The Morgan fingerprint density at radius 3 is 2.50 bits per heavy atom. The van der Waals surface area contributed by atoms with Crippen molar-refractivity contribution in [1.82, 2.24) is 4.90 Å². The van der Waals surface area contributed by atoms with Gasteiger partial charge in [-0.3, -0.25) is 4.99 Å². The van der Waals surface area contributed by atoms with Gasteiger partial charge in [0.1, 0.15) is 11.9 Å². The molecule has 94 valence electrons. The number of aliphatic imine (C=N–C) groups is 1. The Labute approximate surface area is 107 Å².